The third kappa shape index (κ3) is 3.50. The number of nitrogens with two attached hydrogens (primary N) is 1. The molecule has 7 heteroatoms. The molecule has 1 aliphatic rings. The van der Waals surface area contributed by atoms with Gasteiger partial charge in [0.05, 0.1) is 6.61 Å². The van der Waals surface area contributed by atoms with Crippen LogP contribution in [0.3, 0.4) is 0 Å². The summed E-state index contributed by atoms with van der Waals surface area (Å²) >= 11 is 0. The fourth-order valence-corrected chi connectivity index (χ4v) is 2.10. The van der Waals surface area contributed by atoms with Gasteiger partial charge in [0, 0.05) is 39.8 Å². The summed E-state index contributed by atoms with van der Waals surface area (Å²) in [6.07, 6.45) is 0. The van der Waals surface area contributed by atoms with Crippen molar-refractivity contribution in [1.29, 1.82) is 0 Å². The first-order valence-electron chi connectivity index (χ1n) is 4.53. The van der Waals surface area contributed by atoms with Gasteiger partial charge in [-0.2, -0.15) is 12.7 Å². The first-order chi connectivity index (χ1) is 6.54. The van der Waals surface area contributed by atoms with Crippen molar-refractivity contribution in [3.8, 4) is 0 Å². The molecule has 0 amide bonds. The quantitative estimate of drug-likeness (QED) is 0.626. The highest BCUT2D eigenvalue weighted by Gasteiger charge is 2.23. The number of hydrogen-bond donors (Lipinski definition) is 1. The summed E-state index contributed by atoms with van der Waals surface area (Å²) in [5.41, 5.74) is 0. The van der Waals surface area contributed by atoms with Crippen LogP contribution in [0.25, 0.3) is 0 Å². The molecule has 1 aliphatic heterocycles. The molecule has 0 atom stereocenters. The van der Waals surface area contributed by atoms with Crippen molar-refractivity contribution in [2.45, 2.75) is 0 Å². The number of hydrogen-bond acceptors (Lipinski definition) is 4. The number of piperazine rings is 1. The van der Waals surface area contributed by atoms with Crippen molar-refractivity contribution in [3.05, 3.63) is 0 Å². The first kappa shape index (κ1) is 11.9. The van der Waals surface area contributed by atoms with Crippen LogP contribution in [0.4, 0.5) is 0 Å². The second-order valence-electron chi connectivity index (χ2n) is 3.28. The summed E-state index contributed by atoms with van der Waals surface area (Å²) in [4.78, 5) is 2.16. The molecule has 1 rings (SSSR count). The van der Waals surface area contributed by atoms with Crippen molar-refractivity contribution in [3.63, 3.8) is 0 Å². The van der Waals surface area contributed by atoms with Crippen LogP contribution in [-0.2, 0) is 14.9 Å². The Balaban J connectivity index is 2.31. The third-order valence-corrected chi connectivity index (χ3v) is 3.39. The molecule has 0 aromatic rings. The van der Waals surface area contributed by atoms with Crippen LogP contribution in [0.2, 0.25) is 0 Å². The highest BCUT2D eigenvalue weighted by molar-refractivity contribution is 7.86. The average Bonchev–Trinajstić information content (AvgIpc) is 2.14. The van der Waals surface area contributed by atoms with E-state index in [1.165, 1.54) is 4.31 Å². The molecule has 0 radical (unpaired) electrons. The molecule has 0 bridgehead atoms. The van der Waals surface area contributed by atoms with Gasteiger partial charge < -0.3 is 4.74 Å². The lowest BCUT2D eigenvalue weighted by atomic mass is 10.4. The molecule has 1 saturated heterocycles. The van der Waals surface area contributed by atoms with E-state index in [4.69, 9.17) is 9.88 Å². The summed E-state index contributed by atoms with van der Waals surface area (Å²) in [7, 11) is -1.84. The van der Waals surface area contributed by atoms with Gasteiger partial charge in [0.1, 0.15) is 0 Å². The van der Waals surface area contributed by atoms with Crippen molar-refractivity contribution in [2.24, 2.45) is 5.14 Å². The van der Waals surface area contributed by atoms with Gasteiger partial charge in [-0.3, -0.25) is 4.90 Å². The maximum absolute atomic E-state index is 11.0. The number of methoxy groups -OCH3 is 1. The molecular formula is C7H17N3O3S. The Kier molecular flexibility index (Phi) is 4.27. The highest BCUT2D eigenvalue weighted by Crippen LogP contribution is 2.03. The Morgan fingerprint density at radius 3 is 2.29 bits per heavy atom. The average molecular weight is 223 g/mol. The van der Waals surface area contributed by atoms with E-state index in [0.717, 1.165) is 19.6 Å². The van der Waals surface area contributed by atoms with Gasteiger partial charge in [0.2, 0.25) is 0 Å². The standard InChI is InChI=1S/C7H17N3O3S/c1-13-7-6-9-2-4-10(5-3-9)14(8,11)12/h2-7H2,1H3,(H2,8,11,12). The molecule has 0 unspecified atom stereocenters. The molecular weight excluding hydrogens is 206 g/mol. The molecule has 6 nitrogen and oxygen atoms in total. The molecule has 1 heterocycles. The van der Waals surface area contributed by atoms with Crippen LogP contribution in [0, 0.1) is 0 Å². The smallest absolute Gasteiger partial charge is 0.276 e. The number of ether oxygens (including phenoxy) is 1. The van der Waals surface area contributed by atoms with E-state index in [2.05, 4.69) is 4.90 Å². The summed E-state index contributed by atoms with van der Waals surface area (Å²) in [6, 6.07) is 0. The second-order valence-corrected chi connectivity index (χ2v) is 4.82. The van der Waals surface area contributed by atoms with Gasteiger partial charge in [-0.15, -0.1) is 0 Å². The lowest BCUT2D eigenvalue weighted by Gasteiger charge is -2.32. The molecule has 0 aliphatic carbocycles. The van der Waals surface area contributed by atoms with E-state index in [9.17, 15) is 8.42 Å². The predicted molar refractivity (Wildman–Crippen MR) is 53.0 cm³/mol. The Hall–Kier alpha value is -0.210. The van der Waals surface area contributed by atoms with Crippen LogP contribution in [0.5, 0.6) is 0 Å². The zero-order valence-corrected chi connectivity index (χ0v) is 9.16. The number of nitrogens with zero attached hydrogens (tertiary/aromatic N) is 2. The molecule has 1 fully saturated rings. The van der Waals surface area contributed by atoms with Crippen LogP contribution < -0.4 is 5.14 Å². The number of rotatable bonds is 4. The van der Waals surface area contributed by atoms with Crippen molar-refractivity contribution in [1.82, 2.24) is 9.21 Å². The van der Waals surface area contributed by atoms with E-state index in [-0.39, 0.29) is 0 Å². The minimum Gasteiger partial charge on any atom is -0.383 e. The second kappa shape index (κ2) is 5.04. The van der Waals surface area contributed by atoms with Gasteiger partial charge in [-0.25, -0.2) is 5.14 Å². The monoisotopic (exact) mass is 223 g/mol. The van der Waals surface area contributed by atoms with Crippen molar-refractivity contribution >= 4 is 10.2 Å². The largest absolute Gasteiger partial charge is 0.383 e. The normalized spacial score (nSPS) is 21.3. The van der Waals surface area contributed by atoms with Crippen molar-refractivity contribution < 1.29 is 13.2 Å². The van der Waals surface area contributed by atoms with Crippen molar-refractivity contribution in [2.75, 3.05) is 46.4 Å². The molecule has 0 spiro atoms. The van der Waals surface area contributed by atoms with Gasteiger partial charge in [0.15, 0.2) is 0 Å². The minimum atomic E-state index is -3.49. The van der Waals surface area contributed by atoms with E-state index in [0.29, 0.717) is 19.7 Å². The molecule has 14 heavy (non-hydrogen) atoms. The fraction of sp³-hybridized carbons (Fsp3) is 1.00. The molecule has 84 valence electrons. The third-order valence-electron chi connectivity index (χ3n) is 2.30. The Morgan fingerprint density at radius 2 is 1.86 bits per heavy atom. The van der Waals surface area contributed by atoms with Crippen LogP contribution >= 0.6 is 0 Å². The summed E-state index contributed by atoms with van der Waals surface area (Å²) in [5.74, 6) is 0. The minimum absolute atomic E-state index is 0.475. The van der Waals surface area contributed by atoms with E-state index >= 15 is 0 Å². The molecule has 0 aromatic heterocycles. The Morgan fingerprint density at radius 1 is 1.29 bits per heavy atom. The Labute approximate surface area is 84.8 Å². The molecule has 0 aromatic carbocycles. The summed E-state index contributed by atoms with van der Waals surface area (Å²) < 4.78 is 28.2. The van der Waals surface area contributed by atoms with Crippen LogP contribution in [0.15, 0.2) is 0 Å². The molecule has 2 N–H and O–H groups in total. The maximum atomic E-state index is 11.0. The highest BCUT2D eigenvalue weighted by atomic mass is 32.2. The lowest BCUT2D eigenvalue weighted by Crippen LogP contribution is -2.51. The SMILES string of the molecule is COCCN1CCN(S(N)(=O)=O)CC1. The zero-order chi connectivity index (χ0) is 10.6. The van der Waals surface area contributed by atoms with Gasteiger partial charge in [0.25, 0.3) is 10.2 Å². The van der Waals surface area contributed by atoms with Gasteiger partial charge in [-0.1, -0.05) is 0 Å². The molecule has 0 saturated carbocycles. The van der Waals surface area contributed by atoms with Gasteiger partial charge >= 0.3 is 0 Å². The van der Waals surface area contributed by atoms with E-state index in [1.54, 1.807) is 7.11 Å². The van der Waals surface area contributed by atoms with Gasteiger partial charge in [-0.05, 0) is 0 Å². The zero-order valence-electron chi connectivity index (χ0n) is 8.35. The topological polar surface area (TPSA) is 75.9 Å². The van der Waals surface area contributed by atoms with E-state index in [1.807, 2.05) is 0 Å². The maximum Gasteiger partial charge on any atom is 0.276 e. The predicted octanol–water partition coefficient (Wildman–Crippen LogP) is -1.55. The summed E-state index contributed by atoms with van der Waals surface area (Å²) in [6.45, 7) is 3.91. The summed E-state index contributed by atoms with van der Waals surface area (Å²) in [5, 5.41) is 5.01. The van der Waals surface area contributed by atoms with Crippen LogP contribution in [-0.4, -0.2) is 64.1 Å². The van der Waals surface area contributed by atoms with E-state index < -0.39 is 10.2 Å². The Bertz CT molecular complexity index is 259. The fourth-order valence-electron chi connectivity index (χ4n) is 1.43. The van der Waals surface area contributed by atoms with Crippen LogP contribution in [0.1, 0.15) is 0 Å². The lowest BCUT2D eigenvalue weighted by molar-refractivity contribution is 0.123. The first-order valence-corrected chi connectivity index (χ1v) is 6.03.